The van der Waals surface area contributed by atoms with Crippen LogP contribution in [0.4, 0.5) is 10.1 Å². The van der Waals surface area contributed by atoms with E-state index in [-0.39, 0.29) is 6.61 Å². The molecule has 0 saturated carbocycles. The summed E-state index contributed by atoms with van der Waals surface area (Å²) in [5, 5.41) is 16.4. The fraction of sp³-hybridized carbons (Fsp3) is 0.389. The summed E-state index contributed by atoms with van der Waals surface area (Å²) in [5.74, 6) is -0.00677. The largest absolute Gasteiger partial charge is 0.399 e. The van der Waals surface area contributed by atoms with E-state index in [0.717, 1.165) is 5.69 Å². The molecule has 4 rings (SSSR count). The van der Waals surface area contributed by atoms with Crippen molar-refractivity contribution in [3.8, 4) is 11.3 Å². The van der Waals surface area contributed by atoms with Crippen molar-refractivity contribution in [2.75, 3.05) is 25.4 Å². The molecule has 1 aliphatic heterocycles. The minimum Gasteiger partial charge on any atom is -0.399 e. The molecule has 4 N–H and O–H groups in total. The molecule has 26 heavy (non-hydrogen) atoms. The summed E-state index contributed by atoms with van der Waals surface area (Å²) < 4.78 is 15.4. The molecule has 0 unspecified atom stereocenters. The Bertz CT molecular complexity index is 854. The predicted octanol–water partition coefficient (Wildman–Crippen LogP) is 1.81. The van der Waals surface area contributed by atoms with E-state index in [1.165, 1.54) is 48.6 Å². The molecule has 8 heteroatoms. The molecule has 0 spiro atoms. The Morgan fingerprint density at radius 2 is 2.08 bits per heavy atom. The molecule has 1 aliphatic rings. The minimum atomic E-state index is -0.395. The lowest BCUT2D eigenvalue weighted by Crippen LogP contribution is -2.03. The topological polar surface area (TPSA) is 101 Å². The number of hydrogen-bond acceptors (Lipinski definition) is 6. The molecule has 3 heterocycles. The second kappa shape index (κ2) is 8.68. The summed E-state index contributed by atoms with van der Waals surface area (Å²) in [6, 6.07) is 4.34. The monoisotopic (exact) mass is 358 g/mol. The van der Waals surface area contributed by atoms with E-state index in [1.54, 1.807) is 12.4 Å². The third-order valence-electron chi connectivity index (χ3n) is 4.05. The number of aromatic nitrogens is 4. The molecule has 138 valence electrons. The van der Waals surface area contributed by atoms with Crippen molar-refractivity contribution < 1.29 is 9.50 Å². The molecule has 0 atom stereocenters. The van der Waals surface area contributed by atoms with Crippen LogP contribution in [0, 0.1) is 5.82 Å². The smallest absolute Gasteiger partial charge is 0.251 e. The first-order chi connectivity index (χ1) is 12.7. The van der Waals surface area contributed by atoms with Crippen LogP contribution in [0.25, 0.3) is 17.0 Å². The van der Waals surface area contributed by atoms with E-state index in [2.05, 4.69) is 20.4 Å². The van der Waals surface area contributed by atoms with Gasteiger partial charge >= 0.3 is 0 Å². The lowest BCUT2D eigenvalue weighted by molar-refractivity contribution is 0.288. The zero-order valence-electron chi connectivity index (χ0n) is 14.5. The number of nitrogens with zero attached hydrogens (tertiary/aromatic N) is 4. The van der Waals surface area contributed by atoms with Gasteiger partial charge in [-0.1, -0.05) is 0 Å². The van der Waals surface area contributed by atoms with Crippen LogP contribution in [0.1, 0.15) is 25.0 Å². The predicted molar refractivity (Wildman–Crippen MR) is 98.1 cm³/mol. The van der Waals surface area contributed by atoms with Crippen LogP contribution in [0.15, 0.2) is 30.6 Å². The van der Waals surface area contributed by atoms with Gasteiger partial charge in [-0.25, -0.2) is 18.9 Å². The van der Waals surface area contributed by atoms with Crippen LogP contribution in [0.3, 0.4) is 0 Å². The van der Waals surface area contributed by atoms with Crippen molar-refractivity contribution in [2.24, 2.45) is 0 Å². The number of aryl methyl sites for hydroxylation is 1. The van der Waals surface area contributed by atoms with Gasteiger partial charge in [0.25, 0.3) is 5.78 Å². The summed E-state index contributed by atoms with van der Waals surface area (Å²) in [7, 11) is 0. The Morgan fingerprint density at radius 3 is 2.77 bits per heavy atom. The highest BCUT2D eigenvalue weighted by molar-refractivity contribution is 5.66. The van der Waals surface area contributed by atoms with Gasteiger partial charge in [-0.15, -0.1) is 0 Å². The van der Waals surface area contributed by atoms with Gasteiger partial charge in [0, 0.05) is 17.9 Å². The molecule has 1 saturated heterocycles. The number of nitrogen functional groups attached to an aromatic ring is 1. The Kier molecular flexibility index (Phi) is 6.08. The quantitative estimate of drug-likeness (QED) is 0.615. The SMILES string of the molecule is C1CCNC1.Nc1ccc(F)c(-c2cn3nc(CCCO)cnc3n2)c1. The normalized spacial score (nSPS) is 13.6. The van der Waals surface area contributed by atoms with Crippen LogP contribution in [0.2, 0.25) is 0 Å². The maximum atomic E-state index is 13.9. The van der Waals surface area contributed by atoms with Crippen molar-refractivity contribution in [1.29, 1.82) is 0 Å². The molecule has 0 bridgehead atoms. The van der Waals surface area contributed by atoms with E-state index in [1.807, 2.05) is 0 Å². The average Bonchev–Trinajstić information content (AvgIpc) is 3.34. The molecule has 0 aliphatic carbocycles. The molecule has 0 amide bonds. The lowest BCUT2D eigenvalue weighted by atomic mass is 10.1. The van der Waals surface area contributed by atoms with Gasteiger partial charge in [0.2, 0.25) is 0 Å². The molecule has 7 nitrogen and oxygen atoms in total. The van der Waals surface area contributed by atoms with Gasteiger partial charge < -0.3 is 16.2 Å². The summed E-state index contributed by atoms with van der Waals surface area (Å²) in [4.78, 5) is 8.44. The summed E-state index contributed by atoms with van der Waals surface area (Å²) in [6.07, 6.45) is 7.24. The number of nitrogens with two attached hydrogens (primary N) is 1. The minimum absolute atomic E-state index is 0.101. The number of halogens is 1. The zero-order valence-corrected chi connectivity index (χ0v) is 14.5. The Balaban J connectivity index is 0.000000339. The maximum absolute atomic E-state index is 13.9. The first-order valence-corrected chi connectivity index (χ1v) is 8.75. The van der Waals surface area contributed by atoms with Crippen LogP contribution in [-0.4, -0.2) is 44.4 Å². The van der Waals surface area contributed by atoms with Gasteiger partial charge in [-0.05, 0) is 57.0 Å². The highest BCUT2D eigenvalue weighted by Crippen LogP contribution is 2.24. The number of aliphatic hydroxyl groups excluding tert-OH is 1. The van der Waals surface area contributed by atoms with Crippen molar-refractivity contribution in [1.82, 2.24) is 24.9 Å². The van der Waals surface area contributed by atoms with Gasteiger partial charge in [0.05, 0.1) is 23.8 Å². The van der Waals surface area contributed by atoms with E-state index in [0.29, 0.717) is 35.6 Å². The standard InChI is InChI=1S/C14H14FN5O.C4H9N/c15-12-4-3-9(16)6-11(12)13-8-20-14(18-13)17-7-10(19-20)2-1-5-21;1-2-4-5-3-1/h3-4,6-8,21H,1-2,5,16H2;5H,1-4H2. The number of rotatable bonds is 4. The molecule has 0 radical (unpaired) electrons. The van der Waals surface area contributed by atoms with Gasteiger partial charge in [-0.2, -0.15) is 5.10 Å². The first kappa shape index (κ1) is 18.2. The molecule has 1 aromatic carbocycles. The van der Waals surface area contributed by atoms with E-state index < -0.39 is 5.82 Å². The fourth-order valence-electron chi connectivity index (χ4n) is 2.69. The Morgan fingerprint density at radius 1 is 1.27 bits per heavy atom. The van der Waals surface area contributed by atoms with Crippen LogP contribution in [0.5, 0.6) is 0 Å². The van der Waals surface area contributed by atoms with Crippen molar-refractivity contribution >= 4 is 11.5 Å². The zero-order chi connectivity index (χ0) is 18.4. The molecule has 3 aromatic rings. The van der Waals surface area contributed by atoms with Crippen LogP contribution in [-0.2, 0) is 6.42 Å². The number of anilines is 1. The number of hydrogen-bond donors (Lipinski definition) is 3. The van der Waals surface area contributed by atoms with Gasteiger partial charge in [-0.3, -0.25) is 0 Å². The molecule has 2 aromatic heterocycles. The lowest BCUT2D eigenvalue weighted by Gasteiger charge is -1.99. The summed E-state index contributed by atoms with van der Waals surface area (Å²) >= 11 is 0. The molecular weight excluding hydrogens is 335 g/mol. The van der Waals surface area contributed by atoms with E-state index in [9.17, 15) is 4.39 Å². The first-order valence-electron chi connectivity index (χ1n) is 8.75. The highest BCUT2D eigenvalue weighted by atomic mass is 19.1. The number of nitrogens with one attached hydrogen (secondary N) is 1. The fourth-order valence-corrected chi connectivity index (χ4v) is 2.69. The third-order valence-corrected chi connectivity index (χ3v) is 4.05. The second-order valence-corrected chi connectivity index (χ2v) is 6.14. The Hall–Kier alpha value is -2.58. The van der Waals surface area contributed by atoms with E-state index >= 15 is 0 Å². The number of fused-ring (bicyclic) bond motifs is 1. The third kappa shape index (κ3) is 4.53. The Labute approximate surface area is 151 Å². The average molecular weight is 358 g/mol. The van der Waals surface area contributed by atoms with Crippen LogP contribution < -0.4 is 11.1 Å². The maximum Gasteiger partial charge on any atom is 0.251 e. The number of imidazole rings is 1. The number of aliphatic hydroxyl groups is 1. The van der Waals surface area contributed by atoms with Gasteiger partial charge in [0.1, 0.15) is 5.82 Å². The van der Waals surface area contributed by atoms with Crippen molar-refractivity contribution in [3.63, 3.8) is 0 Å². The second-order valence-electron chi connectivity index (χ2n) is 6.14. The highest BCUT2D eigenvalue weighted by Gasteiger charge is 2.11. The van der Waals surface area contributed by atoms with Crippen molar-refractivity contribution in [3.05, 3.63) is 42.1 Å². The molecule has 1 fully saturated rings. The summed E-state index contributed by atoms with van der Waals surface area (Å²) in [5.41, 5.74) is 7.64. The molecular formula is C18H23FN6O. The van der Waals surface area contributed by atoms with E-state index in [4.69, 9.17) is 10.8 Å². The van der Waals surface area contributed by atoms with Crippen molar-refractivity contribution in [2.45, 2.75) is 25.7 Å². The van der Waals surface area contributed by atoms with Crippen LogP contribution >= 0.6 is 0 Å². The number of benzene rings is 1. The summed E-state index contributed by atoms with van der Waals surface area (Å²) in [6.45, 7) is 2.60. The van der Waals surface area contributed by atoms with Gasteiger partial charge in [0.15, 0.2) is 0 Å².